The predicted molar refractivity (Wildman–Crippen MR) is 60.3 cm³/mol. The molecule has 0 aliphatic carbocycles. The molecular formula is C12H23NO. The monoisotopic (exact) mass is 197 g/mol. The molecule has 1 unspecified atom stereocenters. The number of aliphatic hydroxyl groups excluding tert-OH is 1. The standard InChI is InChI=1S/C12H23NO/c1-11(2)13-8-5-7-12(10-13)6-3-4-9-14/h3-4,11-12,14H,5-10H2,1-2H3/b4-3-. The van der Waals surface area contributed by atoms with Crippen molar-refractivity contribution in [1.82, 2.24) is 4.90 Å². The second kappa shape index (κ2) is 6.20. The normalized spacial score (nSPS) is 25.0. The van der Waals surface area contributed by atoms with Gasteiger partial charge < -0.3 is 10.0 Å². The van der Waals surface area contributed by atoms with Crippen molar-refractivity contribution in [2.75, 3.05) is 19.7 Å². The van der Waals surface area contributed by atoms with Crippen LogP contribution in [0.3, 0.4) is 0 Å². The fourth-order valence-electron chi connectivity index (χ4n) is 2.12. The lowest BCUT2D eigenvalue weighted by molar-refractivity contribution is 0.141. The van der Waals surface area contributed by atoms with Crippen molar-refractivity contribution in [3.8, 4) is 0 Å². The van der Waals surface area contributed by atoms with E-state index in [1.807, 2.05) is 6.08 Å². The molecule has 0 saturated carbocycles. The van der Waals surface area contributed by atoms with Crippen LogP contribution in [0.5, 0.6) is 0 Å². The van der Waals surface area contributed by atoms with E-state index in [1.165, 1.54) is 25.9 Å². The lowest BCUT2D eigenvalue weighted by Crippen LogP contribution is -2.39. The average Bonchev–Trinajstić information content (AvgIpc) is 2.19. The number of allylic oxidation sites excluding steroid dienone is 1. The Morgan fingerprint density at radius 1 is 1.43 bits per heavy atom. The Morgan fingerprint density at radius 2 is 2.21 bits per heavy atom. The minimum absolute atomic E-state index is 0.181. The zero-order valence-corrected chi connectivity index (χ0v) is 9.45. The van der Waals surface area contributed by atoms with Crippen LogP contribution in [0.4, 0.5) is 0 Å². The van der Waals surface area contributed by atoms with E-state index in [0.29, 0.717) is 6.04 Å². The number of aliphatic hydroxyl groups is 1. The van der Waals surface area contributed by atoms with E-state index in [2.05, 4.69) is 24.8 Å². The Bertz CT molecular complexity index is 177. The molecule has 1 aliphatic heterocycles. The molecule has 0 amide bonds. The summed E-state index contributed by atoms with van der Waals surface area (Å²) in [6, 6.07) is 0.680. The molecule has 0 spiro atoms. The third kappa shape index (κ3) is 3.81. The highest BCUT2D eigenvalue weighted by atomic mass is 16.2. The van der Waals surface area contributed by atoms with Gasteiger partial charge in [-0.25, -0.2) is 0 Å². The Hall–Kier alpha value is -0.340. The Balaban J connectivity index is 2.29. The Morgan fingerprint density at radius 3 is 2.86 bits per heavy atom. The first-order valence-electron chi connectivity index (χ1n) is 5.74. The molecule has 2 heteroatoms. The molecule has 0 aromatic carbocycles. The van der Waals surface area contributed by atoms with Crippen molar-refractivity contribution >= 4 is 0 Å². The van der Waals surface area contributed by atoms with Crippen LogP contribution in [0.25, 0.3) is 0 Å². The molecule has 82 valence electrons. The van der Waals surface area contributed by atoms with Gasteiger partial charge in [0.1, 0.15) is 0 Å². The van der Waals surface area contributed by atoms with E-state index < -0.39 is 0 Å². The van der Waals surface area contributed by atoms with Gasteiger partial charge in [-0.1, -0.05) is 12.2 Å². The SMILES string of the molecule is CC(C)N1CCCC(C/C=C\CO)C1. The highest BCUT2D eigenvalue weighted by molar-refractivity contribution is 4.86. The van der Waals surface area contributed by atoms with Crippen LogP contribution in [0.15, 0.2) is 12.2 Å². The first kappa shape index (κ1) is 11.7. The number of hydrogen-bond acceptors (Lipinski definition) is 2. The smallest absolute Gasteiger partial charge is 0.0612 e. The zero-order chi connectivity index (χ0) is 10.4. The second-order valence-corrected chi connectivity index (χ2v) is 4.49. The van der Waals surface area contributed by atoms with E-state index in [-0.39, 0.29) is 6.61 Å². The molecular weight excluding hydrogens is 174 g/mol. The summed E-state index contributed by atoms with van der Waals surface area (Å²) in [5, 5.41) is 8.64. The van der Waals surface area contributed by atoms with Crippen molar-refractivity contribution < 1.29 is 5.11 Å². The first-order valence-corrected chi connectivity index (χ1v) is 5.74. The van der Waals surface area contributed by atoms with Gasteiger partial charge in [-0.2, -0.15) is 0 Å². The summed E-state index contributed by atoms with van der Waals surface area (Å²) in [6.07, 6.45) is 7.78. The number of nitrogens with zero attached hydrogens (tertiary/aromatic N) is 1. The predicted octanol–water partition coefficient (Wildman–Crippen LogP) is 2.05. The maximum Gasteiger partial charge on any atom is 0.0612 e. The van der Waals surface area contributed by atoms with Gasteiger partial charge >= 0.3 is 0 Å². The molecule has 1 rings (SSSR count). The van der Waals surface area contributed by atoms with Crippen LogP contribution >= 0.6 is 0 Å². The molecule has 1 fully saturated rings. The van der Waals surface area contributed by atoms with Crippen LogP contribution in [0.2, 0.25) is 0 Å². The lowest BCUT2D eigenvalue weighted by atomic mass is 9.94. The van der Waals surface area contributed by atoms with Crippen LogP contribution in [0, 0.1) is 5.92 Å². The molecule has 0 aromatic heterocycles. The van der Waals surface area contributed by atoms with Gasteiger partial charge in [-0.15, -0.1) is 0 Å². The molecule has 0 aromatic rings. The number of piperidine rings is 1. The van der Waals surface area contributed by atoms with Gasteiger partial charge in [0.15, 0.2) is 0 Å². The molecule has 2 nitrogen and oxygen atoms in total. The van der Waals surface area contributed by atoms with Crippen molar-refractivity contribution in [1.29, 1.82) is 0 Å². The third-order valence-corrected chi connectivity index (χ3v) is 3.02. The second-order valence-electron chi connectivity index (χ2n) is 4.49. The van der Waals surface area contributed by atoms with Gasteiger partial charge in [-0.3, -0.25) is 0 Å². The molecule has 1 N–H and O–H groups in total. The van der Waals surface area contributed by atoms with E-state index in [0.717, 1.165) is 12.3 Å². The highest BCUT2D eigenvalue weighted by Gasteiger charge is 2.20. The van der Waals surface area contributed by atoms with Gasteiger partial charge in [0.05, 0.1) is 6.61 Å². The fraction of sp³-hybridized carbons (Fsp3) is 0.833. The summed E-state index contributed by atoms with van der Waals surface area (Å²) in [5.74, 6) is 0.800. The average molecular weight is 197 g/mol. The molecule has 1 atom stereocenters. The molecule has 1 heterocycles. The van der Waals surface area contributed by atoms with E-state index >= 15 is 0 Å². The minimum atomic E-state index is 0.181. The number of hydrogen-bond donors (Lipinski definition) is 1. The summed E-state index contributed by atoms with van der Waals surface area (Å²) in [4.78, 5) is 2.56. The summed E-state index contributed by atoms with van der Waals surface area (Å²) in [7, 11) is 0. The molecule has 0 radical (unpaired) electrons. The van der Waals surface area contributed by atoms with Crippen molar-refractivity contribution in [3.05, 3.63) is 12.2 Å². The van der Waals surface area contributed by atoms with Gasteiger partial charge in [-0.05, 0) is 45.6 Å². The maximum atomic E-state index is 8.64. The van der Waals surface area contributed by atoms with E-state index in [4.69, 9.17) is 5.11 Å². The molecule has 1 aliphatic rings. The largest absolute Gasteiger partial charge is 0.392 e. The summed E-state index contributed by atoms with van der Waals surface area (Å²) >= 11 is 0. The number of likely N-dealkylation sites (tertiary alicyclic amines) is 1. The minimum Gasteiger partial charge on any atom is -0.392 e. The Kier molecular flexibility index (Phi) is 5.20. The first-order chi connectivity index (χ1) is 6.74. The fourth-order valence-corrected chi connectivity index (χ4v) is 2.12. The van der Waals surface area contributed by atoms with Crippen molar-refractivity contribution in [2.45, 2.75) is 39.2 Å². The van der Waals surface area contributed by atoms with Crippen LogP contribution in [-0.4, -0.2) is 35.7 Å². The highest BCUT2D eigenvalue weighted by Crippen LogP contribution is 2.21. The van der Waals surface area contributed by atoms with Crippen LogP contribution in [-0.2, 0) is 0 Å². The van der Waals surface area contributed by atoms with Crippen molar-refractivity contribution in [2.24, 2.45) is 5.92 Å². The Labute approximate surface area is 87.6 Å². The summed E-state index contributed by atoms with van der Waals surface area (Å²) < 4.78 is 0. The summed E-state index contributed by atoms with van der Waals surface area (Å²) in [5.41, 5.74) is 0. The van der Waals surface area contributed by atoms with Crippen molar-refractivity contribution in [3.63, 3.8) is 0 Å². The van der Waals surface area contributed by atoms with Gasteiger partial charge in [0.2, 0.25) is 0 Å². The van der Waals surface area contributed by atoms with Crippen LogP contribution < -0.4 is 0 Å². The third-order valence-electron chi connectivity index (χ3n) is 3.02. The molecule has 0 bridgehead atoms. The summed E-state index contributed by atoms with van der Waals surface area (Å²) in [6.45, 7) is 7.21. The quantitative estimate of drug-likeness (QED) is 0.697. The lowest BCUT2D eigenvalue weighted by Gasteiger charge is -2.35. The van der Waals surface area contributed by atoms with Crippen LogP contribution in [0.1, 0.15) is 33.1 Å². The topological polar surface area (TPSA) is 23.5 Å². The van der Waals surface area contributed by atoms with Gasteiger partial charge in [0, 0.05) is 12.6 Å². The zero-order valence-electron chi connectivity index (χ0n) is 9.45. The number of rotatable bonds is 4. The molecule has 14 heavy (non-hydrogen) atoms. The van der Waals surface area contributed by atoms with Gasteiger partial charge in [0.25, 0.3) is 0 Å². The maximum absolute atomic E-state index is 8.64. The van der Waals surface area contributed by atoms with E-state index in [1.54, 1.807) is 0 Å². The molecule has 1 saturated heterocycles. The van der Waals surface area contributed by atoms with E-state index in [9.17, 15) is 0 Å².